The van der Waals surface area contributed by atoms with E-state index in [0.717, 1.165) is 6.54 Å². The molecule has 0 aromatic carbocycles. The lowest BCUT2D eigenvalue weighted by Gasteiger charge is -2.06. The molecular formula is C13H12Cl2N2S. The Morgan fingerprint density at radius 3 is 2.94 bits per heavy atom. The van der Waals surface area contributed by atoms with Crippen molar-refractivity contribution < 1.29 is 0 Å². The SMILES string of the molecule is Clc1cnc(NCc2cc3c(s2)CCC3)c(Cl)c1. The van der Waals surface area contributed by atoms with Crippen LogP contribution in [0.5, 0.6) is 0 Å². The molecule has 94 valence electrons. The Labute approximate surface area is 120 Å². The van der Waals surface area contributed by atoms with Crippen molar-refractivity contribution in [3.63, 3.8) is 0 Å². The number of nitrogens with zero attached hydrogens (tertiary/aromatic N) is 1. The van der Waals surface area contributed by atoms with E-state index in [2.05, 4.69) is 16.4 Å². The molecule has 0 bridgehead atoms. The number of rotatable bonds is 3. The Morgan fingerprint density at radius 1 is 1.28 bits per heavy atom. The van der Waals surface area contributed by atoms with Crippen LogP contribution in [-0.4, -0.2) is 4.98 Å². The molecule has 0 amide bonds. The first kappa shape index (κ1) is 12.3. The van der Waals surface area contributed by atoms with Gasteiger partial charge in [-0.25, -0.2) is 4.98 Å². The summed E-state index contributed by atoms with van der Waals surface area (Å²) in [7, 11) is 0. The summed E-state index contributed by atoms with van der Waals surface area (Å²) in [5, 5.41) is 4.37. The van der Waals surface area contributed by atoms with Gasteiger partial charge in [0.15, 0.2) is 0 Å². The predicted molar refractivity (Wildman–Crippen MR) is 77.9 cm³/mol. The van der Waals surface area contributed by atoms with Crippen molar-refractivity contribution in [1.82, 2.24) is 4.98 Å². The van der Waals surface area contributed by atoms with Crippen LogP contribution in [0.1, 0.15) is 21.7 Å². The molecule has 1 aliphatic rings. The molecule has 3 rings (SSSR count). The van der Waals surface area contributed by atoms with E-state index < -0.39 is 0 Å². The summed E-state index contributed by atoms with van der Waals surface area (Å²) in [5.74, 6) is 0.689. The van der Waals surface area contributed by atoms with Crippen molar-refractivity contribution in [2.24, 2.45) is 0 Å². The molecule has 0 atom stereocenters. The summed E-state index contributed by atoms with van der Waals surface area (Å²) >= 11 is 13.8. The van der Waals surface area contributed by atoms with Crippen molar-refractivity contribution in [2.45, 2.75) is 25.8 Å². The molecule has 0 aliphatic heterocycles. The van der Waals surface area contributed by atoms with E-state index in [1.165, 1.54) is 29.7 Å². The number of aryl methyl sites for hydroxylation is 2. The highest BCUT2D eigenvalue weighted by molar-refractivity contribution is 7.12. The van der Waals surface area contributed by atoms with Crippen LogP contribution in [0.4, 0.5) is 5.82 Å². The number of anilines is 1. The van der Waals surface area contributed by atoms with Gasteiger partial charge >= 0.3 is 0 Å². The Morgan fingerprint density at radius 2 is 2.17 bits per heavy atom. The minimum atomic E-state index is 0.556. The van der Waals surface area contributed by atoms with Gasteiger partial charge in [-0.3, -0.25) is 0 Å². The molecule has 0 radical (unpaired) electrons. The zero-order chi connectivity index (χ0) is 12.5. The molecule has 2 aromatic rings. The third kappa shape index (κ3) is 2.48. The molecule has 0 fully saturated rings. The maximum atomic E-state index is 6.06. The summed E-state index contributed by atoms with van der Waals surface area (Å²) in [5.41, 5.74) is 1.52. The number of pyridine rings is 1. The van der Waals surface area contributed by atoms with Gasteiger partial charge in [-0.15, -0.1) is 11.3 Å². The van der Waals surface area contributed by atoms with Gasteiger partial charge < -0.3 is 5.32 Å². The number of nitrogens with one attached hydrogen (secondary N) is 1. The first-order valence-electron chi connectivity index (χ1n) is 5.88. The smallest absolute Gasteiger partial charge is 0.145 e. The highest BCUT2D eigenvalue weighted by Gasteiger charge is 2.14. The number of thiophene rings is 1. The summed E-state index contributed by atoms with van der Waals surface area (Å²) < 4.78 is 0. The Balaban J connectivity index is 1.70. The molecule has 2 heterocycles. The first-order chi connectivity index (χ1) is 8.72. The third-order valence-corrected chi connectivity index (χ3v) is 4.77. The Kier molecular flexibility index (Phi) is 3.46. The molecule has 0 saturated heterocycles. The van der Waals surface area contributed by atoms with Crippen LogP contribution >= 0.6 is 34.5 Å². The van der Waals surface area contributed by atoms with Gasteiger partial charge in [0.2, 0.25) is 0 Å². The number of aromatic nitrogens is 1. The maximum Gasteiger partial charge on any atom is 0.145 e. The molecular weight excluding hydrogens is 287 g/mol. The molecule has 1 N–H and O–H groups in total. The lowest BCUT2D eigenvalue weighted by Crippen LogP contribution is -2.00. The Bertz CT molecular complexity index is 559. The van der Waals surface area contributed by atoms with Crippen molar-refractivity contribution >= 4 is 40.4 Å². The average Bonchev–Trinajstić information content (AvgIpc) is 2.88. The van der Waals surface area contributed by atoms with E-state index in [4.69, 9.17) is 23.2 Å². The van der Waals surface area contributed by atoms with E-state index in [-0.39, 0.29) is 0 Å². The van der Waals surface area contributed by atoms with E-state index in [9.17, 15) is 0 Å². The lowest BCUT2D eigenvalue weighted by atomic mass is 10.2. The first-order valence-corrected chi connectivity index (χ1v) is 7.45. The number of halogens is 2. The van der Waals surface area contributed by atoms with Crippen molar-refractivity contribution in [2.75, 3.05) is 5.32 Å². The zero-order valence-electron chi connectivity index (χ0n) is 9.67. The third-order valence-electron chi connectivity index (χ3n) is 3.04. The minimum Gasteiger partial charge on any atom is -0.364 e. The van der Waals surface area contributed by atoms with Crippen molar-refractivity contribution in [3.8, 4) is 0 Å². The summed E-state index contributed by atoms with van der Waals surface area (Å²) in [6.07, 6.45) is 5.37. The highest BCUT2D eigenvalue weighted by Crippen LogP contribution is 2.31. The fraction of sp³-hybridized carbons (Fsp3) is 0.308. The van der Waals surface area contributed by atoms with E-state index in [1.54, 1.807) is 17.1 Å². The summed E-state index contributed by atoms with van der Waals surface area (Å²) in [6, 6.07) is 4.00. The zero-order valence-corrected chi connectivity index (χ0v) is 12.0. The van der Waals surface area contributed by atoms with Gasteiger partial charge in [-0.2, -0.15) is 0 Å². The second kappa shape index (κ2) is 5.08. The topological polar surface area (TPSA) is 24.9 Å². The van der Waals surface area contributed by atoms with E-state index >= 15 is 0 Å². The molecule has 5 heteroatoms. The quantitative estimate of drug-likeness (QED) is 0.899. The fourth-order valence-electron chi connectivity index (χ4n) is 2.19. The molecule has 2 aromatic heterocycles. The second-order valence-corrected chi connectivity index (χ2v) is 6.42. The average molecular weight is 299 g/mol. The predicted octanol–water partition coefficient (Wildman–Crippen LogP) is 4.55. The maximum absolute atomic E-state index is 6.06. The van der Waals surface area contributed by atoms with Gasteiger partial charge in [0.25, 0.3) is 0 Å². The normalized spacial score (nSPS) is 13.7. The van der Waals surface area contributed by atoms with Crippen molar-refractivity contribution in [1.29, 1.82) is 0 Å². The minimum absolute atomic E-state index is 0.556. The fourth-order valence-corrected chi connectivity index (χ4v) is 3.84. The highest BCUT2D eigenvalue weighted by atomic mass is 35.5. The lowest BCUT2D eigenvalue weighted by molar-refractivity contribution is 0.913. The molecule has 18 heavy (non-hydrogen) atoms. The standard InChI is InChI=1S/C13H12Cl2N2S/c14-9-5-11(15)13(16-6-9)17-7-10-4-8-2-1-3-12(8)18-10/h4-6H,1-3,7H2,(H,16,17). The molecule has 0 spiro atoms. The van der Waals surface area contributed by atoms with Crippen LogP contribution in [-0.2, 0) is 19.4 Å². The molecule has 0 unspecified atom stereocenters. The van der Waals surface area contributed by atoms with Crippen LogP contribution < -0.4 is 5.32 Å². The van der Waals surface area contributed by atoms with Crippen LogP contribution in [0.3, 0.4) is 0 Å². The van der Waals surface area contributed by atoms with E-state index in [1.807, 2.05) is 11.3 Å². The number of hydrogen-bond acceptors (Lipinski definition) is 3. The van der Waals surface area contributed by atoms with Gasteiger partial charge in [-0.1, -0.05) is 23.2 Å². The van der Waals surface area contributed by atoms with Crippen LogP contribution in [0.2, 0.25) is 10.0 Å². The van der Waals surface area contributed by atoms with Crippen molar-refractivity contribution in [3.05, 3.63) is 43.7 Å². The van der Waals surface area contributed by atoms with E-state index in [0.29, 0.717) is 15.9 Å². The number of fused-ring (bicyclic) bond motifs is 1. The number of hydrogen-bond donors (Lipinski definition) is 1. The monoisotopic (exact) mass is 298 g/mol. The van der Waals surface area contributed by atoms with Gasteiger partial charge in [0, 0.05) is 16.0 Å². The van der Waals surface area contributed by atoms with Gasteiger partial charge in [0.05, 0.1) is 16.6 Å². The summed E-state index contributed by atoms with van der Waals surface area (Å²) in [4.78, 5) is 7.07. The van der Waals surface area contributed by atoms with Crippen LogP contribution in [0.25, 0.3) is 0 Å². The molecule has 1 aliphatic carbocycles. The molecule has 0 saturated carbocycles. The van der Waals surface area contributed by atoms with Crippen LogP contribution in [0, 0.1) is 0 Å². The van der Waals surface area contributed by atoms with Crippen LogP contribution in [0.15, 0.2) is 18.3 Å². The second-order valence-electron chi connectivity index (χ2n) is 4.35. The Hall–Kier alpha value is -0.770. The molecule has 2 nitrogen and oxygen atoms in total. The summed E-state index contributed by atoms with van der Waals surface area (Å²) in [6.45, 7) is 0.770. The van der Waals surface area contributed by atoms with Gasteiger partial charge in [-0.05, 0) is 37.0 Å². The van der Waals surface area contributed by atoms with Gasteiger partial charge in [0.1, 0.15) is 5.82 Å². The largest absolute Gasteiger partial charge is 0.364 e.